The van der Waals surface area contributed by atoms with Crippen molar-refractivity contribution in [3.63, 3.8) is 0 Å². The lowest BCUT2D eigenvalue weighted by molar-refractivity contribution is 0.0977. The zero-order valence-corrected chi connectivity index (χ0v) is 12.9. The standard InChI is InChI=1S/C18H12FN5O/c19-13-4-5-16(23-10-13)15(9-20)18(25)12-2-1-3-14(8-12)24-17-11-21-6-7-22-17/h1-8,10-11,15H,(H,22,24)/t15-/m1/s1. The van der Waals surface area contributed by atoms with Gasteiger partial charge in [-0.05, 0) is 24.3 Å². The van der Waals surface area contributed by atoms with Gasteiger partial charge in [0.25, 0.3) is 0 Å². The number of nitriles is 1. The maximum absolute atomic E-state index is 13.0. The Morgan fingerprint density at radius 2 is 2.04 bits per heavy atom. The summed E-state index contributed by atoms with van der Waals surface area (Å²) in [4.78, 5) is 24.5. The average molecular weight is 333 g/mol. The molecule has 3 rings (SSSR count). The number of hydrogen-bond acceptors (Lipinski definition) is 6. The Kier molecular flexibility index (Phi) is 4.72. The van der Waals surface area contributed by atoms with Gasteiger partial charge in [0.05, 0.1) is 24.2 Å². The Hall–Kier alpha value is -3.66. The second-order valence-electron chi connectivity index (χ2n) is 5.12. The molecule has 0 unspecified atom stereocenters. The summed E-state index contributed by atoms with van der Waals surface area (Å²) in [6, 6.07) is 11.1. The first kappa shape index (κ1) is 16.2. The van der Waals surface area contributed by atoms with Crippen molar-refractivity contribution in [3.05, 3.63) is 78.3 Å². The molecular weight excluding hydrogens is 321 g/mol. The molecule has 7 heteroatoms. The first-order chi connectivity index (χ1) is 12.2. The fourth-order valence-corrected chi connectivity index (χ4v) is 2.25. The van der Waals surface area contributed by atoms with E-state index in [0.717, 1.165) is 6.20 Å². The van der Waals surface area contributed by atoms with Gasteiger partial charge >= 0.3 is 0 Å². The van der Waals surface area contributed by atoms with Crippen LogP contribution in [0.2, 0.25) is 0 Å². The number of carbonyl (C=O) groups is 1. The van der Waals surface area contributed by atoms with E-state index in [4.69, 9.17) is 0 Å². The summed E-state index contributed by atoms with van der Waals surface area (Å²) >= 11 is 0. The molecule has 3 aromatic rings. The average Bonchev–Trinajstić information content (AvgIpc) is 2.65. The van der Waals surface area contributed by atoms with Crippen molar-refractivity contribution in [1.82, 2.24) is 15.0 Å². The number of nitrogens with zero attached hydrogens (tertiary/aromatic N) is 4. The molecular formula is C18H12FN5O. The third-order valence-electron chi connectivity index (χ3n) is 3.42. The zero-order chi connectivity index (χ0) is 17.6. The van der Waals surface area contributed by atoms with E-state index in [-0.39, 0.29) is 5.69 Å². The van der Waals surface area contributed by atoms with Gasteiger partial charge in [0, 0.05) is 23.6 Å². The van der Waals surface area contributed by atoms with Crippen molar-refractivity contribution in [2.75, 3.05) is 5.32 Å². The summed E-state index contributed by atoms with van der Waals surface area (Å²) in [7, 11) is 0. The lowest BCUT2D eigenvalue weighted by atomic mass is 9.95. The molecule has 0 amide bonds. The van der Waals surface area contributed by atoms with Crippen LogP contribution in [-0.2, 0) is 0 Å². The first-order valence-electron chi connectivity index (χ1n) is 7.36. The highest BCUT2D eigenvalue weighted by Crippen LogP contribution is 2.22. The first-order valence-corrected chi connectivity index (χ1v) is 7.36. The summed E-state index contributed by atoms with van der Waals surface area (Å²) < 4.78 is 13.0. The van der Waals surface area contributed by atoms with Crippen molar-refractivity contribution < 1.29 is 9.18 Å². The molecule has 0 fully saturated rings. The Bertz CT molecular complexity index is 922. The molecule has 6 nitrogen and oxygen atoms in total. The molecule has 25 heavy (non-hydrogen) atoms. The second-order valence-corrected chi connectivity index (χ2v) is 5.12. The van der Waals surface area contributed by atoms with Crippen molar-refractivity contribution in [2.24, 2.45) is 0 Å². The monoisotopic (exact) mass is 333 g/mol. The van der Waals surface area contributed by atoms with E-state index in [9.17, 15) is 14.4 Å². The van der Waals surface area contributed by atoms with Crippen LogP contribution < -0.4 is 5.32 Å². The number of carbonyl (C=O) groups excluding carboxylic acids is 1. The van der Waals surface area contributed by atoms with Gasteiger partial charge in [-0.25, -0.2) is 9.37 Å². The van der Waals surface area contributed by atoms with E-state index >= 15 is 0 Å². The Balaban J connectivity index is 1.85. The smallest absolute Gasteiger partial charge is 0.186 e. The van der Waals surface area contributed by atoms with Crippen LogP contribution in [-0.4, -0.2) is 20.7 Å². The fraction of sp³-hybridized carbons (Fsp3) is 0.0556. The molecule has 0 saturated carbocycles. The minimum absolute atomic E-state index is 0.209. The van der Waals surface area contributed by atoms with E-state index in [1.165, 1.54) is 12.1 Å². The molecule has 0 bridgehead atoms. The Labute approximate surface area is 143 Å². The van der Waals surface area contributed by atoms with Crippen LogP contribution in [0.4, 0.5) is 15.9 Å². The topological polar surface area (TPSA) is 91.6 Å². The zero-order valence-electron chi connectivity index (χ0n) is 12.9. The van der Waals surface area contributed by atoms with Gasteiger partial charge in [-0.2, -0.15) is 5.26 Å². The number of nitrogens with one attached hydrogen (secondary N) is 1. The Morgan fingerprint density at radius 1 is 1.16 bits per heavy atom. The van der Waals surface area contributed by atoms with Crippen LogP contribution in [0.15, 0.2) is 61.2 Å². The fourth-order valence-electron chi connectivity index (χ4n) is 2.25. The van der Waals surface area contributed by atoms with Crippen molar-refractivity contribution >= 4 is 17.3 Å². The number of aromatic nitrogens is 3. The number of ketones is 1. The largest absolute Gasteiger partial charge is 0.339 e. The third-order valence-corrected chi connectivity index (χ3v) is 3.42. The second kappa shape index (κ2) is 7.27. The van der Waals surface area contributed by atoms with Crippen LogP contribution >= 0.6 is 0 Å². The number of rotatable bonds is 5. The highest BCUT2D eigenvalue weighted by atomic mass is 19.1. The molecule has 0 radical (unpaired) electrons. The molecule has 1 atom stereocenters. The molecule has 1 aromatic carbocycles. The molecule has 0 aliphatic heterocycles. The summed E-state index contributed by atoms with van der Waals surface area (Å²) in [6.07, 6.45) is 5.63. The van der Waals surface area contributed by atoms with Crippen LogP contribution in [0.25, 0.3) is 0 Å². The molecule has 1 N–H and O–H groups in total. The lowest BCUT2D eigenvalue weighted by Gasteiger charge is -2.10. The summed E-state index contributed by atoms with van der Waals surface area (Å²) in [5, 5.41) is 12.4. The maximum atomic E-state index is 13.0. The SMILES string of the molecule is N#C[C@@H](C(=O)c1cccc(Nc2cnccn2)c1)c1ccc(F)cn1. The number of anilines is 2. The van der Waals surface area contributed by atoms with Crippen LogP contribution in [0, 0.1) is 17.1 Å². The highest BCUT2D eigenvalue weighted by molar-refractivity contribution is 6.03. The molecule has 2 aromatic heterocycles. The molecule has 122 valence electrons. The Morgan fingerprint density at radius 3 is 2.72 bits per heavy atom. The molecule has 0 aliphatic rings. The van der Waals surface area contributed by atoms with Crippen LogP contribution in [0.1, 0.15) is 22.0 Å². The predicted octanol–water partition coefficient (Wildman–Crippen LogP) is 3.24. The van der Waals surface area contributed by atoms with E-state index < -0.39 is 17.5 Å². The third kappa shape index (κ3) is 3.82. The number of Topliss-reactive ketones (excluding diaryl/α,β-unsaturated/α-hetero) is 1. The summed E-state index contributed by atoms with van der Waals surface area (Å²) in [5.74, 6) is -1.51. The van der Waals surface area contributed by atoms with E-state index in [1.54, 1.807) is 42.9 Å². The van der Waals surface area contributed by atoms with E-state index in [1.807, 2.05) is 6.07 Å². The van der Waals surface area contributed by atoms with Gasteiger partial charge < -0.3 is 5.32 Å². The van der Waals surface area contributed by atoms with Crippen molar-refractivity contribution in [1.29, 1.82) is 5.26 Å². The molecule has 0 aliphatic carbocycles. The van der Waals surface area contributed by atoms with Gasteiger partial charge in [-0.15, -0.1) is 0 Å². The predicted molar refractivity (Wildman–Crippen MR) is 88.6 cm³/mol. The minimum atomic E-state index is -1.10. The number of halogens is 1. The summed E-state index contributed by atoms with van der Waals surface area (Å²) in [5.41, 5.74) is 1.18. The van der Waals surface area contributed by atoms with Gasteiger partial charge in [-0.3, -0.25) is 14.8 Å². The minimum Gasteiger partial charge on any atom is -0.339 e. The van der Waals surface area contributed by atoms with Gasteiger partial charge in [0.15, 0.2) is 11.7 Å². The summed E-state index contributed by atoms with van der Waals surface area (Å²) in [6.45, 7) is 0. The van der Waals surface area contributed by atoms with Crippen LogP contribution in [0.5, 0.6) is 0 Å². The molecule has 2 heterocycles. The molecule has 0 spiro atoms. The van der Waals surface area contributed by atoms with Crippen LogP contribution in [0.3, 0.4) is 0 Å². The lowest BCUT2D eigenvalue weighted by Crippen LogP contribution is -2.13. The molecule has 0 saturated heterocycles. The van der Waals surface area contributed by atoms with Crippen molar-refractivity contribution in [2.45, 2.75) is 5.92 Å². The number of hydrogen-bond donors (Lipinski definition) is 1. The highest BCUT2D eigenvalue weighted by Gasteiger charge is 2.23. The van der Waals surface area contributed by atoms with Gasteiger partial charge in [0.2, 0.25) is 0 Å². The number of pyridine rings is 1. The maximum Gasteiger partial charge on any atom is 0.186 e. The quantitative estimate of drug-likeness (QED) is 0.721. The van der Waals surface area contributed by atoms with Crippen molar-refractivity contribution in [3.8, 4) is 6.07 Å². The van der Waals surface area contributed by atoms with Gasteiger partial charge in [0.1, 0.15) is 11.6 Å². The normalized spacial score (nSPS) is 11.4. The number of benzene rings is 1. The van der Waals surface area contributed by atoms with Gasteiger partial charge in [-0.1, -0.05) is 12.1 Å². The van der Waals surface area contributed by atoms with E-state index in [0.29, 0.717) is 17.1 Å². The van der Waals surface area contributed by atoms with E-state index in [2.05, 4.69) is 20.3 Å².